The summed E-state index contributed by atoms with van der Waals surface area (Å²) in [6, 6.07) is 33.5. The maximum Gasteiger partial charge on any atom is 0.332 e. The molecule has 6 rings (SSSR count). The molecule has 4 aromatic carbocycles. The summed E-state index contributed by atoms with van der Waals surface area (Å²) >= 11 is 0. The van der Waals surface area contributed by atoms with Gasteiger partial charge in [-0.1, -0.05) is 86.6 Å². The Morgan fingerprint density at radius 1 is 0.625 bits per heavy atom. The molecule has 2 nitrogen and oxygen atoms in total. The van der Waals surface area contributed by atoms with E-state index in [1.54, 1.807) is 0 Å². The topological polar surface area (TPSA) is 6.48 Å². The van der Waals surface area contributed by atoms with E-state index in [-0.39, 0.29) is 12.3 Å². The van der Waals surface area contributed by atoms with Gasteiger partial charge in [-0.25, -0.2) is 0 Å². The third kappa shape index (κ3) is 2.48. The van der Waals surface area contributed by atoms with Crippen LogP contribution in [0.15, 0.2) is 91.0 Å². The summed E-state index contributed by atoms with van der Waals surface area (Å²) in [5, 5.41) is 0. The fourth-order valence-corrected chi connectivity index (χ4v) is 5.85. The molecule has 0 atom stereocenters. The number of nitrogens with zero attached hydrogens (tertiary/aromatic N) is 2. The molecule has 2 heterocycles. The Kier molecular flexibility index (Phi) is 4.07. The van der Waals surface area contributed by atoms with Crippen LogP contribution in [0.3, 0.4) is 0 Å². The van der Waals surface area contributed by atoms with Gasteiger partial charge in [-0.15, -0.1) is 0 Å². The largest absolute Gasteiger partial charge is 0.376 e. The lowest BCUT2D eigenvalue weighted by atomic mass is 9.45. The molecule has 0 N–H and O–H groups in total. The summed E-state index contributed by atoms with van der Waals surface area (Å²) in [5.41, 5.74) is 11.9. The second-order valence-corrected chi connectivity index (χ2v) is 9.56. The molecule has 0 spiro atoms. The van der Waals surface area contributed by atoms with Crippen molar-refractivity contribution in [2.45, 2.75) is 26.2 Å². The summed E-state index contributed by atoms with van der Waals surface area (Å²) < 4.78 is 0. The molecule has 3 heteroatoms. The molecule has 156 valence electrons. The fourth-order valence-electron chi connectivity index (χ4n) is 5.85. The molecule has 0 radical (unpaired) electrons. The number of hydrogen-bond donors (Lipinski definition) is 0. The normalized spacial score (nSPS) is 15.6. The molecule has 2 aliphatic rings. The molecule has 0 bridgehead atoms. The van der Waals surface area contributed by atoms with Crippen molar-refractivity contribution in [3.05, 3.63) is 108 Å². The maximum absolute atomic E-state index is 2.61. The lowest BCUT2D eigenvalue weighted by Crippen LogP contribution is -2.61. The Morgan fingerprint density at radius 2 is 1.16 bits per heavy atom. The molecule has 0 saturated carbocycles. The highest BCUT2D eigenvalue weighted by Crippen LogP contribution is 2.50. The van der Waals surface area contributed by atoms with Crippen LogP contribution in [0, 0.1) is 6.92 Å². The second kappa shape index (κ2) is 6.77. The van der Waals surface area contributed by atoms with E-state index in [4.69, 9.17) is 0 Å². The smallest absolute Gasteiger partial charge is 0.332 e. The molecule has 0 amide bonds. The maximum atomic E-state index is 2.61. The Labute approximate surface area is 191 Å². The van der Waals surface area contributed by atoms with Crippen molar-refractivity contribution < 1.29 is 0 Å². The second-order valence-electron chi connectivity index (χ2n) is 9.56. The summed E-state index contributed by atoms with van der Waals surface area (Å²) in [6.07, 6.45) is 0. The standard InChI is InChI=1S/C29H27BN2/c1-20-12-11-14-22-28(20)32(25-17-8-5-13-21(25)29(22,2)3)30-23-15-6-9-18-26(23)31(4)27-19-10-7-16-24(27)30/h5-19H,1-4H3. The van der Waals surface area contributed by atoms with Crippen LogP contribution in [0.2, 0.25) is 0 Å². The lowest BCUT2D eigenvalue weighted by Gasteiger charge is -2.47. The molecule has 0 fully saturated rings. The van der Waals surface area contributed by atoms with Crippen molar-refractivity contribution in [1.29, 1.82) is 0 Å². The van der Waals surface area contributed by atoms with E-state index in [0.29, 0.717) is 0 Å². The van der Waals surface area contributed by atoms with E-state index < -0.39 is 0 Å². The molecule has 32 heavy (non-hydrogen) atoms. The summed E-state index contributed by atoms with van der Waals surface area (Å²) in [7, 11) is 2.18. The molecule has 2 aliphatic heterocycles. The zero-order valence-corrected chi connectivity index (χ0v) is 19.1. The Morgan fingerprint density at radius 3 is 1.81 bits per heavy atom. The molecule has 0 aromatic heterocycles. The molecular weight excluding hydrogens is 387 g/mol. The van der Waals surface area contributed by atoms with Gasteiger partial charge in [-0.05, 0) is 52.7 Å². The average Bonchev–Trinajstić information content (AvgIpc) is 2.82. The van der Waals surface area contributed by atoms with E-state index >= 15 is 0 Å². The molecule has 4 aromatic rings. The number of aryl methyl sites for hydroxylation is 1. The van der Waals surface area contributed by atoms with Crippen LogP contribution in [0.4, 0.5) is 22.7 Å². The van der Waals surface area contributed by atoms with Crippen LogP contribution in [0.1, 0.15) is 30.5 Å². The van der Waals surface area contributed by atoms with Gasteiger partial charge in [0.2, 0.25) is 0 Å². The van der Waals surface area contributed by atoms with Gasteiger partial charge in [0.1, 0.15) is 0 Å². The number of anilines is 4. The molecule has 0 unspecified atom stereocenters. The first-order valence-electron chi connectivity index (χ1n) is 11.4. The third-order valence-corrected chi connectivity index (χ3v) is 7.43. The van der Waals surface area contributed by atoms with Crippen molar-refractivity contribution in [3.63, 3.8) is 0 Å². The van der Waals surface area contributed by atoms with Crippen molar-refractivity contribution in [2.75, 3.05) is 16.8 Å². The van der Waals surface area contributed by atoms with Crippen molar-refractivity contribution in [2.24, 2.45) is 0 Å². The fraction of sp³-hybridized carbons (Fsp3) is 0.172. The number of para-hydroxylation sites is 4. The van der Waals surface area contributed by atoms with Gasteiger partial charge in [0.15, 0.2) is 0 Å². The van der Waals surface area contributed by atoms with Crippen LogP contribution in [0.5, 0.6) is 0 Å². The van der Waals surface area contributed by atoms with Crippen molar-refractivity contribution in [1.82, 2.24) is 0 Å². The number of hydrogen-bond acceptors (Lipinski definition) is 2. The Hall–Kier alpha value is -3.46. The predicted octanol–water partition coefficient (Wildman–Crippen LogP) is 5.66. The monoisotopic (exact) mass is 414 g/mol. The summed E-state index contributed by atoms with van der Waals surface area (Å²) in [4.78, 5) is 4.94. The minimum Gasteiger partial charge on any atom is -0.376 e. The zero-order valence-electron chi connectivity index (χ0n) is 19.1. The van der Waals surface area contributed by atoms with Gasteiger partial charge < -0.3 is 9.71 Å². The third-order valence-electron chi connectivity index (χ3n) is 7.43. The van der Waals surface area contributed by atoms with Crippen LogP contribution >= 0.6 is 0 Å². The van der Waals surface area contributed by atoms with Gasteiger partial charge >= 0.3 is 6.85 Å². The summed E-state index contributed by atoms with van der Waals surface area (Å²) in [6.45, 7) is 7.08. The van der Waals surface area contributed by atoms with Crippen molar-refractivity contribution >= 4 is 40.5 Å². The highest BCUT2D eigenvalue weighted by atomic mass is 15.1. The molecular formula is C29H27BN2. The highest BCUT2D eigenvalue weighted by Gasteiger charge is 2.44. The quantitative estimate of drug-likeness (QED) is 0.371. The Bertz CT molecular complexity index is 1310. The van der Waals surface area contributed by atoms with E-state index in [1.165, 1.54) is 50.4 Å². The van der Waals surface area contributed by atoms with Crippen LogP contribution in [-0.4, -0.2) is 13.9 Å². The van der Waals surface area contributed by atoms with E-state index in [9.17, 15) is 0 Å². The molecule has 0 saturated heterocycles. The van der Waals surface area contributed by atoms with Gasteiger partial charge in [0, 0.05) is 35.2 Å². The van der Waals surface area contributed by atoms with E-state index in [2.05, 4.69) is 129 Å². The Balaban J connectivity index is 1.72. The minimum atomic E-state index is -0.0566. The van der Waals surface area contributed by atoms with Gasteiger partial charge in [-0.2, -0.15) is 0 Å². The first-order chi connectivity index (χ1) is 15.5. The zero-order chi connectivity index (χ0) is 22.0. The van der Waals surface area contributed by atoms with Gasteiger partial charge in [-0.3, -0.25) is 0 Å². The van der Waals surface area contributed by atoms with E-state index in [1.807, 2.05) is 0 Å². The number of benzene rings is 4. The number of rotatable bonds is 1. The first kappa shape index (κ1) is 19.2. The highest BCUT2D eigenvalue weighted by molar-refractivity contribution is 6.92. The number of fused-ring (bicyclic) bond motifs is 4. The van der Waals surface area contributed by atoms with Gasteiger partial charge in [0.05, 0.1) is 0 Å². The van der Waals surface area contributed by atoms with Crippen LogP contribution < -0.4 is 20.6 Å². The minimum absolute atomic E-state index is 0.0566. The van der Waals surface area contributed by atoms with Crippen LogP contribution in [-0.2, 0) is 5.41 Å². The average molecular weight is 414 g/mol. The predicted molar refractivity (Wildman–Crippen MR) is 138 cm³/mol. The molecule has 0 aliphatic carbocycles. The SMILES string of the molecule is Cc1cccc2c1N(B1c3ccccc3N(C)c3ccccc31)c1ccccc1C2(C)C. The first-order valence-corrected chi connectivity index (χ1v) is 11.4. The lowest BCUT2D eigenvalue weighted by molar-refractivity contribution is 0.633. The van der Waals surface area contributed by atoms with Crippen LogP contribution in [0.25, 0.3) is 0 Å². The van der Waals surface area contributed by atoms with E-state index in [0.717, 1.165) is 0 Å². The summed E-state index contributed by atoms with van der Waals surface area (Å²) in [5.74, 6) is 0. The van der Waals surface area contributed by atoms with Crippen molar-refractivity contribution in [3.8, 4) is 0 Å². The van der Waals surface area contributed by atoms with Gasteiger partial charge in [0.25, 0.3) is 0 Å².